The van der Waals surface area contributed by atoms with E-state index in [4.69, 9.17) is 9.47 Å². The van der Waals surface area contributed by atoms with E-state index in [-0.39, 0.29) is 0 Å². The summed E-state index contributed by atoms with van der Waals surface area (Å²) in [6, 6.07) is 0. The molecule has 0 aliphatic carbocycles. The van der Waals surface area contributed by atoms with Crippen LogP contribution in [0.15, 0.2) is 0 Å². The van der Waals surface area contributed by atoms with Gasteiger partial charge in [-0.3, -0.25) is 0 Å². The highest BCUT2D eigenvalue weighted by atomic mass is 17.4. The van der Waals surface area contributed by atoms with Crippen molar-refractivity contribution in [2.24, 2.45) is 0 Å². The van der Waals surface area contributed by atoms with Gasteiger partial charge in [0, 0.05) is 0 Å². The molecule has 2 unspecified atom stereocenters. The Bertz CT molecular complexity index is 134. The summed E-state index contributed by atoms with van der Waals surface area (Å²) < 4.78 is 9.85. The Labute approximate surface area is 79.2 Å². The Hall–Kier alpha value is -0.320. The molecule has 0 saturated carbocycles. The molecule has 0 amide bonds. The van der Waals surface area contributed by atoms with Crippen LogP contribution in [-0.4, -0.2) is 39.4 Å². The Kier molecular flexibility index (Phi) is 4.03. The monoisotopic (exact) mass is 210 g/mol. The normalized spacial score (nSPS) is 34.3. The maximum atomic E-state index is 4.92. The summed E-state index contributed by atoms with van der Waals surface area (Å²) >= 11 is 0. The molecule has 0 N–H and O–H groups in total. The van der Waals surface area contributed by atoms with Crippen molar-refractivity contribution in [3.8, 4) is 0 Å². The molecular formula is C6H10O8. The van der Waals surface area contributed by atoms with Gasteiger partial charge in [-0.2, -0.15) is 19.6 Å². The smallest absolute Gasteiger partial charge is 0.324 e. The molecule has 2 rings (SSSR count). The Morgan fingerprint density at radius 1 is 0.714 bits per heavy atom. The lowest BCUT2D eigenvalue weighted by Crippen LogP contribution is -2.34. The molecule has 0 aromatic rings. The SMILES string of the molecule is C1COC(OOC2OCCOO2)OO1. The zero-order valence-electron chi connectivity index (χ0n) is 7.25. The fraction of sp³-hybridized carbons (Fsp3) is 1.00. The summed E-state index contributed by atoms with van der Waals surface area (Å²) in [6.45, 7) is -0.678. The summed E-state index contributed by atoms with van der Waals surface area (Å²) in [7, 11) is 0. The van der Waals surface area contributed by atoms with Gasteiger partial charge in [-0.25, -0.2) is 9.78 Å². The number of hydrogen-bond donors (Lipinski definition) is 0. The molecule has 0 spiro atoms. The lowest BCUT2D eigenvalue weighted by molar-refractivity contribution is -0.606. The fourth-order valence-electron chi connectivity index (χ4n) is 0.798. The molecule has 82 valence electrons. The number of rotatable bonds is 3. The summed E-state index contributed by atoms with van der Waals surface area (Å²) in [5.41, 5.74) is 0. The van der Waals surface area contributed by atoms with Gasteiger partial charge in [-0.1, -0.05) is 0 Å². The van der Waals surface area contributed by atoms with Crippen LogP contribution < -0.4 is 0 Å². The minimum absolute atomic E-state index is 0.347. The first kappa shape index (κ1) is 10.2. The fourth-order valence-corrected chi connectivity index (χ4v) is 0.798. The van der Waals surface area contributed by atoms with Crippen molar-refractivity contribution in [1.29, 1.82) is 0 Å². The van der Waals surface area contributed by atoms with E-state index in [1.54, 1.807) is 0 Å². The molecule has 2 aliphatic heterocycles. The summed E-state index contributed by atoms with van der Waals surface area (Å²) in [5, 5.41) is 0. The van der Waals surface area contributed by atoms with Crippen molar-refractivity contribution in [3.63, 3.8) is 0 Å². The summed E-state index contributed by atoms with van der Waals surface area (Å²) in [5.74, 6) is 0. The second-order valence-electron chi connectivity index (χ2n) is 2.35. The van der Waals surface area contributed by atoms with Crippen LogP contribution in [0.25, 0.3) is 0 Å². The van der Waals surface area contributed by atoms with E-state index in [0.29, 0.717) is 26.4 Å². The van der Waals surface area contributed by atoms with Gasteiger partial charge in [-0.05, 0) is 0 Å². The molecule has 8 heteroatoms. The third-order valence-corrected chi connectivity index (χ3v) is 1.35. The van der Waals surface area contributed by atoms with Crippen molar-refractivity contribution >= 4 is 0 Å². The van der Waals surface area contributed by atoms with Crippen LogP contribution in [0.2, 0.25) is 0 Å². The number of hydrogen-bond acceptors (Lipinski definition) is 8. The van der Waals surface area contributed by atoms with Crippen molar-refractivity contribution in [2.45, 2.75) is 13.0 Å². The maximum Gasteiger partial charge on any atom is 0.329 e. The highest BCUT2D eigenvalue weighted by Gasteiger charge is 2.23. The molecule has 0 aromatic heterocycles. The van der Waals surface area contributed by atoms with Crippen molar-refractivity contribution in [2.75, 3.05) is 26.4 Å². The molecule has 2 aliphatic rings. The van der Waals surface area contributed by atoms with E-state index in [0.717, 1.165) is 0 Å². The van der Waals surface area contributed by atoms with Gasteiger partial charge in [0.1, 0.15) is 13.2 Å². The Balaban J connectivity index is 1.60. The van der Waals surface area contributed by atoms with Gasteiger partial charge in [0.05, 0.1) is 13.2 Å². The average molecular weight is 210 g/mol. The topological polar surface area (TPSA) is 73.8 Å². The van der Waals surface area contributed by atoms with E-state index in [1.165, 1.54) is 0 Å². The summed E-state index contributed by atoms with van der Waals surface area (Å²) in [6.07, 6.45) is 0. The van der Waals surface area contributed by atoms with Crippen LogP contribution in [0.3, 0.4) is 0 Å². The zero-order valence-corrected chi connectivity index (χ0v) is 7.25. The van der Waals surface area contributed by atoms with Crippen LogP contribution >= 0.6 is 0 Å². The van der Waals surface area contributed by atoms with Gasteiger partial charge in [0.15, 0.2) is 0 Å². The van der Waals surface area contributed by atoms with Crippen LogP contribution in [0.5, 0.6) is 0 Å². The standard InChI is InChI=1S/C6H10O8/c1-3-9-11-5(7-1)13-14-6-8-2-4-10-12-6/h5-6H,1-4H2. The second kappa shape index (κ2) is 5.53. The molecule has 0 bridgehead atoms. The van der Waals surface area contributed by atoms with Crippen LogP contribution in [0.4, 0.5) is 0 Å². The highest BCUT2D eigenvalue weighted by Crippen LogP contribution is 2.09. The van der Waals surface area contributed by atoms with Gasteiger partial charge in [0.2, 0.25) is 0 Å². The van der Waals surface area contributed by atoms with Crippen molar-refractivity contribution < 1.29 is 38.8 Å². The molecule has 14 heavy (non-hydrogen) atoms. The highest BCUT2D eigenvalue weighted by molar-refractivity contribution is 4.30. The molecular weight excluding hydrogens is 200 g/mol. The molecule has 2 atom stereocenters. The van der Waals surface area contributed by atoms with Crippen LogP contribution in [-0.2, 0) is 38.8 Å². The van der Waals surface area contributed by atoms with Crippen molar-refractivity contribution in [1.82, 2.24) is 0 Å². The van der Waals surface area contributed by atoms with E-state index in [2.05, 4.69) is 29.3 Å². The lowest BCUT2D eigenvalue weighted by Gasteiger charge is -2.24. The Morgan fingerprint density at radius 2 is 1.21 bits per heavy atom. The lowest BCUT2D eigenvalue weighted by atomic mass is 10.8. The molecule has 2 heterocycles. The predicted molar refractivity (Wildman–Crippen MR) is 35.7 cm³/mol. The zero-order chi connectivity index (χ0) is 9.64. The summed E-state index contributed by atoms with van der Waals surface area (Å²) in [4.78, 5) is 27.5. The third-order valence-electron chi connectivity index (χ3n) is 1.35. The number of ether oxygens (including phenoxy) is 2. The minimum Gasteiger partial charge on any atom is -0.324 e. The first-order valence-corrected chi connectivity index (χ1v) is 4.07. The molecule has 2 fully saturated rings. The van der Waals surface area contributed by atoms with E-state index >= 15 is 0 Å². The van der Waals surface area contributed by atoms with Gasteiger partial charge in [-0.15, -0.1) is 0 Å². The molecule has 2 saturated heterocycles. The predicted octanol–water partition coefficient (Wildman–Crippen LogP) is -0.541. The van der Waals surface area contributed by atoms with Gasteiger partial charge < -0.3 is 9.47 Å². The van der Waals surface area contributed by atoms with E-state index in [9.17, 15) is 0 Å². The molecule has 8 nitrogen and oxygen atoms in total. The largest absolute Gasteiger partial charge is 0.329 e. The van der Waals surface area contributed by atoms with Gasteiger partial charge in [0.25, 0.3) is 0 Å². The van der Waals surface area contributed by atoms with Gasteiger partial charge >= 0.3 is 13.0 Å². The maximum absolute atomic E-state index is 4.92. The second-order valence-corrected chi connectivity index (χ2v) is 2.35. The average Bonchev–Trinajstić information content (AvgIpc) is 2.29. The van der Waals surface area contributed by atoms with Crippen LogP contribution in [0, 0.1) is 0 Å². The Morgan fingerprint density at radius 3 is 1.57 bits per heavy atom. The van der Waals surface area contributed by atoms with E-state index < -0.39 is 13.0 Å². The van der Waals surface area contributed by atoms with Crippen LogP contribution in [0.1, 0.15) is 0 Å². The molecule has 0 aromatic carbocycles. The quantitative estimate of drug-likeness (QED) is 0.454. The third kappa shape index (κ3) is 3.12. The minimum atomic E-state index is -1.04. The first-order chi connectivity index (χ1) is 6.95. The van der Waals surface area contributed by atoms with E-state index in [1.807, 2.05) is 0 Å². The molecule has 0 radical (unpaired) electrons. The van der Waals surface area contributed by atoms with Crippen molar-refractivity contribution in [3.05, 3.63) is 0 Å². The first-order valence-electron chi connectivity index (χ1n) is 4.07.